The van der Waals surface area contributed by atoms with Crippen LogP contribution in [0.25, 0.3) is 23.0 Å². The van der Waals surface area contributed by atoms with Gasteiger partial charge in [0.15, 0.2) is 0 Å². The van der Waals surface area contributed by atoms with Gasteiger partial charge in [-0.05, 0) is 17.7 Å². The summed E-state index contributed by atoms with van der Waals surface area (Å²) in [5, 5.41) is 3.82. The SMILES string of the molecule is O=c1ccc(-c2nc(-c3cnccn3)no2)cn1Cc1ccccc1C(F)(F)F. The van der Waals surface area contributed by atoms with Crippen LogP contribution in [0.1, 0.15) is 11.1 Å². The van der Waals surface area contributed by atoms with E-state index in [1.165, 1.54) is 55.1 Å². The molecule has 0 saturated heterocycles. The van der Waals surface area contributed by atoms with E-state index in [1.807, 2.05) is 0 Å². The zero-order valence-electron chi connectivity index (χ0n) is 14.7. The molecule has 0 N–H and O–H groups in total. The summed E-state index contributed by atoms with van der Waals surface area (Å²) in [5.74, 6) is 0.303. The van der Waals surface area contributed by atoms with Gasteiger partial charge in [0.05, 0.1) is 23.9 Å². The van der Waals surface area contributed by atoms with Crippen molar-refractivity contribution < 1.29 is 17.7 Å². The largest absolute Gasteiger partial charge is 0.416 e. The summed E-state index contributed by atoms with van der Waals surface area (Å²) in [7, 11) is 0. The van der Waals surface area contributed by atoms with Crippen LogP contribution in [0.3, 0.4) is 0 Å². The predicted molar refractivity (Wildman–Crippen MR) is 95.6 cm³/mol. The van der Waals surface area contributed by atoms with E-state index in [0.29, 0.717) is 11.3 Å². The van der Waals surface area contributed by atoms with Crippen molar-refractivity contribution in [2.24, 2.45) is 0 Å². The summed E-state index contributed by atoms with van der Waals surface area (Å²) in [5.41, 5.74) is -0.490. The Morgan fingerprint density at radius 1 is 1.07 bits per heavy atom. The standard InChI is InChI=1S/C19H12F3N5O2/c20-19(21,22)14-4-2-1-3-12(14)10-27-11-13(5-6-16(27)28)18-25-17(26-29-18)15-9-23-7-8-24-15/h1-9,11H,10H2. The van der Waals surface area contributed by atoms with E-state index in [9.17, 15) is 18.0 Å². The summed E-state index contributed by atoms with van der Waals surface area (Å²) in [4.78, 5) is 24.4. The zero-order valence-corrected chi connectivity index (χ0v) is 14.7. The lowest BCUT2D eigenvalue weighted by atomic mass is 10.1. The van der Waals surface area contributed by atoms with Crippen LogP contribution in [0.15, 0.2) is 70.5 Å². The molecule has 0 amide bonds. The molecular weight excluding hydrogens is 387 g/mol. The molecular formula is C19H12F3N5O2. The third kappa shape index (κ3) is 3.91. The number of rotatable bonds is 4. The molecule has 3 aromatic heterocycles. The number of alkyl halides is 3. The lowest BCUT2D eigenvalue weighted by molar-refractivity contribution is -0.138. The molecule has 0 spiro atoms. The number of nitrogens with zero attached hydrogens (tertiary/aromatic N) is 5. The highest BCUT2D eigenvalue weighted by Gasteiger charge is 2.32. The van der Waals surface area contributed by atoms with Gasteiger partial charge in [0.2, 0.25) is 5.82 Å². The van der Waals surface area contributed by atoms with Crippen LogP contribution in [0.5, 0.6) is 0 Å². The molecule has 0 bridgehead atoms. The summed E-state index contributed by atoms with van der Waals surface area (Å²) in [6.07, 6.45) is 1.30. The molecule has 0 unspecified atom stereocenters. The fourth-order valence-electron chi connectivity index (χ4n) is 2.76. The molecule has 146 valence electrons. The van der Waals surface area contributed by atoms with Gasteiger partial charge in [-0.3, -0.25) is 9.78 Å². The van der Waals surface area contributed by atoms with Gasteiger partial charge in [-0.15, -0.1) is 0 Å². The smallest absolute Gasteiger partial charge is 0.333 e. The van der Waals surface area contributed by atoms with E-state index in [2.05, 4.69) is 20.1 Å². The minimum Gasteiger partial charge on any atom is -0.333 e. The normalized spacial score (nSPS) is 11.6. The molecule has 3 heterocycles. The van der Waals surface area contributed by atoms with Gasteiger partial charge in [-0.1, -0.05) is 23.4 Å². The molecule has 0 aliphatic heterocycles. The Morgan fingerprint density at radius 3 is 2.66 bits per heavy atom. The van der Waals surface area contributed by atoms with E-state index >= 15 is 0 Å². The lowest BCUT2D eigenvalue weighted by Crippen LogP contribution is -2.21. The third-order valence-electron chi connectivity index (χ3n) is 4.11. The molecule has 29 heavy (non-hydrogen) atoms. The predicted octanol–water partition coefficient (Wildman–Crippen LogP) is 3.42. The maximum absolute atomic E-state index is 13.2. The van der Waals surface area contributed by atoms with Crippen molar-refractivity contribution in [3.63, 3.8) is 0 Å². The molecule has 4 aromatic rings. The minimum absolute atomic E-state index is 0.0231. The molecule has 0 aliphatic rings. The summed E-state index contributed by atoms with van der Waals surface area (Å²) in [6, 6.07) is 7.80. The average Bonchev–Trinajstić information content (AvgIpc) is 3.20. The quantitative estimate of drug-likeness (QED) is 0.523. The average molecular weight is 399 g/mol. The van der Waals surface area contributed by atoms with Gasteiger partial charge in [0.1, 0.15) is 5.69 Å². The minimum atomic E-state index is -4.52. The first-order valence-electron chi connectivity index (χ1n) is 8.38. The van der Waals surface area contributed by atoms with Crippen LogP contribution in [0, 0.1) is 0 Å². The van der Waals surface area contributed by atoms with Gasteiger partial charge in [-0.25, -0.2) is 4.98 Å². The van der Waals surface area contributed by atoms with Crippen molar-refractivity contribution in [2.45, 2.75) is 12.7 Å². The molecule has 7 nitrogen and oxygen atoms in total. The number of pyridine rings is 1. The van der Waals surface area contributed by atoms with Gasteiger partial charge in [0, 0.05) is 24.7 Å². The number of hydrogen-bond acceptors (Lipinski definition) is 6. The number of halogens is 3. The van der Waals surface area contributed by atoms with Crippen molar-refractivity contribution in [3.05, 3.63) is 82.7 Å². The monoisotopic (exact) mass is 399 g/mol. The van der Waals surface area contributed by atoms with Crippen LogP contribution in [0.4, 0.5) is 13.2 Å². The Kier molecular flexibility index (Phi) is 4.67. The Bertz CT molecular complexity index is 1200. The van der Waals surface area contributed by atoms with Crippen LogP contribution in [-0.2, 0) is 12.7 Å². The molecule has 0 fully saturated rings. The van der Waals surface area contributed by atoms with Gasteiger partial charge >= 0.3 is 6.18 Å². The summed E-state index contributed by atoms with van der Waals surface area (Å²) >= 11 is 0. The van der Waals surface area contributed by atoms with Crippen LogP contribution < -0.4 is 5.56 Å². The maximum Gasteiger partial charge on any atom is 0.416 e. The topological polar surface area (TPSA) is 86.7 Å². The van der Waals surface area contributed by atoms with Crippen molar-refractivity contribution in [3.8, 4) is 23.0 Å². The van der Waals surface area contributed by atoms with E-state index in [-0.39, 0.29) is 23.8 Å². The van der Waals surface area contributed by atoms with Gasteiger partial charge in [-0.2, -0.15) is 18.2 Å². The second-order valence-corrected chi connectivity index (χ2v) is 6.05. The summed E-state index contributed by atoms with van der Waals surface area (Å²) < 4.78 is 46.0. The van der Waals surface area contributed by atoms with Crippen molar-refractivity contribution in [2.75, 3.05) is 0 Å². The fraction of sp³-hybridized carbons (Fsp3) is 0.105. The molecule has 10 heteroatoms. The molecule has 0 radical (unpaired) electrons. The highest BCUT2D eigenvalue weighted by Crippen LogP contribution is 2.32. The van der Waals surface area contributed by atoms with E-state index in [0.717, 1.165) is 10.6 Å². The molecule has 4 rings (SSSR count). The van der Waals surface area contributed by atoms with Crippen LogP contribution in [0.2, 0.25) is 0 Å². The van der Waals surface area contributed by atoms with Crippen molar-refractivity contribution in [1.29, 1.82) is 0 Å². The Hall–Kier alpha value is -3.82. The Morgan fingerprint density at radius 2 is 1.90 bits per heavy atom. The number of aromatic nitrogens is 5. The molecule has 1 aromatic carbocycles. The zero-order chi connectivity index (χ0) is 20.4. The van der Waals surface area contributed by atoms with E-state index in [1.54, 1.807) is 0 Å². The van der Waals surface area contributed by atoms with Crippen molar-refractivity contribution >= 4 is 0 Å². The first-order valence-corrected chi connectivity index (χ1v) is 8.38. The Balaban J connectivity index is 1.68. The number of benzene rings is 1. The highest BCUT2D eigenvalue weighted by molar-refractivity contribution is 5.55. The van der Waals surface area contributed by atoms with Gasteiger partial charge in [0.25, 0.3) is 11.4 Å². The second-order valence-electron chi connectivity index (χ2n) is 6.05. The van der Waals surface area contributed by atoms with Gasteiger partial charge < -0.3 is 9.09 Å². The lowest BCUT2D eigenvalue weighted by Gasteiger charge is -2.14. The van der Waals surface area contributed by atoms with E-state index < -0.39 is 17.3 Å². The Labute approximate surface area is 161 Å². The molecule has 0 atom stereocenters. The van der Waals surface area contributed by atoms with E-state index in [4.69, 9.17) is 4.52 Å². The van der Waals surface area contributed by atoms with Crippen LogP contribution in [-0.4, -0.2) is 24.7 Å². The highest BCUT2D eigenvalue weighted by atomic mass is 19.4. The third-order valence-corrected chi connectivity index (χ3v) is 4.11. The summed E-state index contributed by atoms with van der Waals surface area (Å²) in [6.45, 7) is -0.256. The van der Waals surface area contributed by atoms with Crippen molar-refractivity contribution in [1.82, 2.24) is 24.7 Å². The molecule has 0 aliphatic carbocycles. The van der Waals surface area contributed by atoms with Crippen LogP contribution >= 0.6 is 0 Å². The first kappa shape index (κ1) is 18.5. The fourth-order valence-corrected chi connectivity index (χ4v) is 2.76. The second kappa shape index (κ2) is 7.30. The maximum atomic E-state index is 13.2. The molecule has 0 saturated carbocycles. The first-order chi connectivity index (χ1) is 13.9. The number of hydrogen-bond donors (Lipinski definition) is 0.